The van der Waals surface area contributed by atoms with Gasteiger partial charge in [-0.2, -0.15) is 10.5 Å². The van der Waals surface area contributed by atoms with Gasteiger partial charge in [0.15, 0.2) is 0 Å². The lowest BCUT2D eigenvalue weighted by molar-refractivity contribution is 0.619. The molecule has 0 atom stereocenters. The number of hydrogen-bond acceptors (Lipinski definition) is 4. The first-order valence-electron chi connectivity index (χ1n) is 24.1. The Hall–Kier alpha value is -10.2. The van der Waals surface area contributed by atoms with Crippen LogP contribution >= 0.6 is 0 Å². The van der Waals surface area contributed by atoms with Crippen LogP contribution < -0.4 is 9.80 Å². The summed E-state index contributed by atoms with van der Waals surface area (Å²) in [5, 5.41) is 23.6. The molecule has 0 aromatic heterocycles. The fraction of sp³-hybridized carbons (Fsp3) is 0. The molecule has 10 heteroatoms. The van der Waals surface area contributed by atoms with Crippen molar-refractivity contribution in [2.45, 2.75) is 0 Å². The third-order valence-corrected chi connectivity index (χ3v) is 13.9. The average molecular weight is 999 g/mol. The Morgan fingerprint density at radius 3 is 0.921 bits per heavy atom. The summed E-state index contributed by atoms with van der Waals surface area (Å²) in [5.41, 5.74) is 6.14. The quantitative estimate of drug-likeness (QED) is 0.101. The molecule has 0 bridgehead atoms. The predicted octanol–water partition coefficient (Wildman–Crippen LogP) is 18.8. The first-order chi connectivity index (χ1) is 37.0. The SMILES string of the molecule is N#Cc1cccc(-c2ccc(F)c(N(c3cc(-c4ccc(F)cc4)ccc3F)c3ccc4ccc5c(N(c6cc(-c7ccc(F)cc7)ccc6F)c6cc(-c7cccc(C#N)c7)ccc6F)ccc6ccc3c4c65)c2)c1. The van der Waals surface area contributed by atoms with Crippen molar-refractivity contribution in [1.82, 2.24) is 0 Å². The van der Waals surface area contributed by atoms with Crippen molar-refractivity contribution in [2.75, 3.05) is 9.80 Å². The molecular formula is C66H36F6N4. The van der Waals surface area contributed by atoms with E-state index < -0.39 is 34.9 Å². The zero-order valence-corrected chi connectivity index (χ0v) is 39.8. The highest BCUT2D eigenvalue weighted by atomic mass is 19.1. The summed E-state index contributed by atoms with van der Waals surface area (Å²) in [6, 6.07) is 62.4. The third kappa shape index (κ3) is 8.34. The van der Waals surface area contributed by atoms with Gasteiger partial charge in [0, 0.05) is 10.8 Å². The largest absolute Gasteiger partial charge is 0.304 e. The number of anilines is 6. The van der Waals surface area contributed by atoms with Crippen LogP contribution in [0, 0.1) is 57.6 Å². The van der Waals surface area contributed by atoms with Gasteiger partial charge in [-0.3, -0.25) is 0 Å². The van der Waals surface area contributed by atoms with Crippen LogP contribution in [-0.2, 0) is 0 Å². The summed E-state index contributed by atoms with van der Waals surface area (Å²) in [6.45, 7) is 0. The van der Waals surface area contributed by atoms with Crippen LogP contribution in [0.4, 0.5) is 60.5 Å². The van der Waals surface area contributed by atoms with Gasteiger partial charge < -0.3 is 9.80 Å². The van der Waals surface area contributed by atoms with Crippen LogP contribution in [0.3, 0.4) is 0 Å². The Morgan fingerprint density at radius 1 is 0.276 bits per heavy atom. The van der Waals surface area contributed by atoms with Gasteiger partial charge in [-0.25, -0.2) is 26.3 Å². The molecule has 362 valence electrons. The number of halogens is 6. The van der Waals surface area contributed by atoms with Gasteiger partial charge in [-0.05, 0) is 175 Å². The monoisotopic (exact) mass is 998 g/mol. The van der Waals surface area contributed by atoms with Crippen molar-refractivity contribution >= 4 is 66.4 Å². The molecule has 0 unspecified atom stereocenters. The lowest BCUT2D eigenvalue weighted by Crippen LogP contribution is -2.15. The van der Waals surface area contributed by atoms with Gasteiger partial charge in [0.05, 0.1) is 57.4 Å². The van der Waals surface area contributed by atoms with Crippen molar-refractivity contribution in [2.24, 2.45) is 0 Å². The van der Waals surface area contributed by atoms with Crippen molar-refractivity contribution < 1.29 is 26.3 Å². The Kier molecular flexibility index (Phi) is 11.7. The lowest BCUT2D eigenvalue weighted by Gasteiger charge is -2.30. The number of benzene rings is 12. The van der Waals surface area contributed by atoms with Crippen molar-refractivity contribution in [1.29, 1.82) is 10.5 Å². The molecule has 0 heterocycles. The number of nitriles is 2. The van der Waals surface area contributed by atoms with E-state index in [4.69, 9.17) is 0 Å². The smallest absolute Gasteiger partial charge is 0.147 e. The van der Waals surface area contributed by atoms with E-state index in [1.807, 2.05) is 36.4 Å². The Labute approximate surface area is 432 Å². The molecule has 0 N–H and O–H groups in total. The van der Waals surface area contributed by atoms with E-state index in [-0.39, 0.29) is 22.7 Å². The molecule has 0 aliphatic rings. The van der Waals surface area contributed by atoms with E-state index in [2.05, 4.69) is 12.1 Å². The highest BCUT2D eigenvalue weighted by molar-refractivity contribution is 6.28. The van der Waals surface area contributed by atoms with Crippen molar-refractivity contribution in [3.8, 4) is 56.6 Å². The first kappa shape index (κ1) is 46.9. The zero-order valence-electron chi connectivity index (χ0n) is 39.8. The summed E-state index contributed by atoms with van der Waals surface area (Å²) >= 11 is 0. The highest BCUT2D eigenvalue weighted by Gasteiger charge is 2.28. The lowest BCUT2D eigenvalue weighted by atomic mass is 9.91. The number of nitrogens with zero attached hydrogens (tertiary/aromatic N) is 4. The Balaban J connectivity index is 1.12. The van der Waals surface area contributed by atoms with E-state index in [0.717, 1.165) is 10.8 Å². The van der Waals surface area contributed by atoms with E-state index >= 15 is 17.6 Å². The second kappa shape index (κ2) is 19.0. The van der Waals surface area contributed by atoms with Crippen LogP contribution in [0.2, 0.25) is 0 Å². The van der Waals surface area contributed by atoms with Crippen molar-refractivity contribution in [3.63, 3.8) is 0 Å². The molecule has 0 fully saturated rings. The molecule has 76 heavy (non-hydrogen) atoms. The van der Waals surface area contributed by atoms with Gasteiger partial charge in [0.25, 0.3) is 0 Å². The molecule has 0 saturated heterocycles. The van der Waals surface area contributed by atoms with Gasteiger partial charge in [-0.15, -0.1) is 0 Å². The van der Waals surface area contributed by atoms with E-state index in [0.29, 0.717) is 88.6 Å². The molecular weight excluding hydrogens is 963 g/mol. The minimum atomic E-state index is -0.681. The molecule has 0 radical (unpaired) electrons. The van der Waals surface area contributed by atoms with Gasteiger partial charge >= 0.3 is 0 Å². The molecule has 0 saturated carbocycles. The van der Waals surface area contributed by atoms with Crippen LogP contribution in [0.5, 0.6) is 0 Å². The number of hydrogen-bond donors (Lipinski definition) is 0. The second-order valence-corrected chi connectivity index (χ2v) is 18.3. The maximum absolute atomic E-state index is 17.0. The van der Waals surface area contributed by atoms with Crippen LogP contribution in [0.25, 0.3) is 76.8 Å². The summed E-state index contributed by atoms with van der Waals surface area (Å²) in [4.78, 5) is 3.04. The topological polar surface area (TPSA) is 54.1 Å². The van der Waals surface area contributed by atoms with Crippen LogP contribution in [-0.4, -0.2) is 0 Å². The molecule has 12 aromatic carbocycles. The molecule has 0 amide bonds. The summed E-state index contributed by atoms with van der Waals surface area (Å²) in [7, 11) is 0. The molecule has 0 aliphatic heterocycles. The normalized spacial score (nSPS) is 11.3. The van der Waals surface area contributed by atoms with E-state index in [1.54, 1.807) is 133 Å². The molecule has 0 aliphatic carbocycles. The first-order valence-corrected chi connectivity index (χ1v) is 24.1. The Bertz CT molecular complexity index is 4070. The standard InChI is InChI=1S/C66H36F6N4/c67-51-19-7-41(8-20-51)47-13-25-55(69)61(33-47)75(63-35-49(15-27-57(63)71)45-5-1-3-39(31-45)37-73)59-29-17-43-12-24-54-60(30-18-44-11-23-53(59)65(43)66(44)54)76(62-34-48(14-26-56(62)70)42-9-21-52(68)22-10-42)64-36-50(16-28-58(64)72)46-6-2-4-40(32-46)38-74/h1-36H. The second-order valence-electron chi connectivity index (χ2n) is 18.3. The van der Waals surface area contributed by atoms with Gasteiger partial charge in [0.1, 0.15) is 34.9 Å². The fourth-order valence-electron chi connectivity index (χ4n) is 10.2. The number of rotatable bonds is 10. The summed E-state index contributed by atoms with van der Waals surface area (Å²) in [5.74, 6) is -3.61. The minimum Gasteiger partial charge on any atom is -0.304 e. The minimum absolute atomic E-state index is 0.0101. The van der Waals surface area contributed by atoms with Gasteiger partial charge in [-0.1, -0.05) is 109 Å². The molecule has 0 spiro atoms. The molecule has 12 rings (SSSR count). The maximum Gasteiger partial charge on any atom is 0.147 e. The molecule has 4 nitrogen and oxygen atoms in total. The van der Waals surface area contributed by atoms with Gasteiger partial charge in [0.2, 0.25) is 0 Å². The van der Waals surface area contributed by atoms with E-state index in [9.17, 15) is 19.3 Å². The highest BCUT2D eigenvalue weighted by Crippen LogP contribution is 2.50. The summed E-state index contributed by atoms with van der Waals surface area (Å²) in [6.07, 6.45) is 0. The van der Waals surface area contributed by atoms with E-state index in [1.165, 1.54) is 58.3 Å². The average Bonchev–Trinajstić information content (AvgIpc) is 3.56. The fourth-order valence-corrected chi connectivity index (χ4v) is 10.2. The summed E-state index contributed by atoms with van der Waals surface area (Å²) < 4.78 is 96.1. The Morgan fingerprint density at radius 2 is 0.579 bits per heavy atom. The van der Waals surface area contributed by atoms with Crippen LogP contribution in [0.1, 0.15) is 11.1 Å². The molecule has 12 aromatic rings. The third-order valence-electron chi connectivity index (χ3n) is 13.9. The maximum atomic E-state index is 17.0. The zero-order chi connectivity index (χ0) is 52.2. The van der Waals surface area contributed by atoms with Crippen LogP contribution in [0.15, 0.2) is 218 Å². The predicted molar refractivity (Wildman–Crippen MR) is 290 cm³/mol. The van der Waals surface area contributed by atoms with Crippen molar-refractivity contribution in [3.05, 3.63) is 264 Å².